The maximum absolute atomic E-state index is 12.8. The Kier molecular flexibility index (Phi) is 5.04. The van der Waals surface area contributed by atoms with Crippen molar-refractivity contribution in [3.05, 3.63) is 34.9 Å². The SMILES string of the molecule is O=C1CC2(CCCC2)C(=O)N1CN1CCN(Cc2cccc(Cl)c2)CC1. The highest BCUT2D eigenvalue weighted by molar-refractivity contribution is 6.30. The Bertz CT molecular complexity index is 694. The fraction of sp³-hybridized carbons (Fsp3) is 0.600. The predicted molar refractivity (Wildman–Crippen MR) is 101 cm³/mol. The van der Waals surface area contributed by atoms with Crippen LogP contribution in [-0.4, -0.2) is 59.4 Å². The molecule has 2 heterocycles. The fourth-order valence-electron chi connectivity index (χ4n) is 4.63. The largest absolute Gasteiger partial charge is 0.297 e. The van der Waals surface area contributed by atoms with Crippen LogP contribution in [0.4, 0.5) is 0 Å². The molecular formula is C20H26ClN3O2. The van der Waals surface area contributed by atoms with Gasteiger partial charge in [0.25, 0.3) is 0 Å². The van der Waals surface area contributed by atoms with Crippen molar-refractivity contribution in [2.24, 2.45) is 5.41 Å². The van der Waals surface area contributed by atoms with Gasteiger partial charge < -0.3 is 0 Å². The van der Waals surface area contributed by atoms with Crippen molar-refractivity contribution in [3.8, 4) is 0 Å². The summed E-state index contributed by atoms with van der Waals surface area (Å²) in [6.07, 6.45) is 4.37. The first-order chi connectivity index (χ1) is 12.6. The highest BCUT2D eigenvalue weighted by atomic mass is 35.5. The van der Waals surface area contributed by atoms with E-state index in [1.807, 2.05) is 18.2 Å². The summed E-state index contributed by atoms with van der Waals surface area (Å²) < 4.78 is 0. The maximum atomic E-state index is 12.8. The van der Waals surface area contributed by atoms with Gasteiger partial charge in [-0.15, -0.1) is 0 Å². The number of rotatable bonds is 4. The Morgan fingerprint density at radius 3 is 2.38 bits per heavy atom. The Hall–Kier alpha value is -1.43. The van der Waals surface area contributed by atoms with Crippen LogP contribution < -0.4 is 0 Å². The van der Waals surface area contributed by atoms with Gasteiger partial charge in [-0.05, 0) is 30.5 Å². The maximum Gasteiger partial charge on any atom is 0.237 e. The van der Waals surface area contributed by atoms with Gasteiger partial charge in [-0.3, -0.25) is 24.3 Å². The van der Waals surface area contributed by atoms with Gasteiger partial charge in [0.05, 0.1) is 12.1 Å². The van der Waals surface area contributed by atoms with Gasteiger partial charge in [0.15, 0.2) is 0 Å². The van der Waals surface area contributed by atoms with E-state index in [0.29, 0.717) is 13.1 Å². The minimum Gasteiger partial charge on any atom is -0.297 e. The van der Waals surface area contributed by atoms with Crippen molar-refractivity contribution in [1.29, 1.82) is 0 Å². The Morgan fingerprint density at radius 1 is 1.00 bits per heavy atom. The molecule has 6 heteroatoms. The van der Waals surface area contributed by atoms with Crippen LogP contribution in [0, 0.1) is 5.41 Å². The number of piperazine rings is 1. The highest BCUT2D eigenvalue weighted by Crippen LogP contribution is 2.46. The molecule has 3 fully saturated rings. The summed E-state index contributed by atoms with van der Waals surface area (Å²) in [7, 11) is 0. The molecule has 2 aliphatic heterocycles. The standard InChI is InChI=1S/C20H26ClN3O2/c21-17-5-3-4-16(12-17)14-22-8-10-23(11-9-22)15-24-18(25)13-20(19(24)26)6-1-2-7-20/h3-5,12H,1-2,6-11,13-15H2. The molecular weight excluding hydrogens is 350 g/mol. The van der Waals surface area contributed by atoms with Gasteiger partial charge >= 0.3 is 0 Å². The van der Waals surface area contributed by atoms with Crippen molar-refractivity contribution >= 4 is 23.4 Å². The minimum atomic E-state index is -0.356. The summed E-state index contributed by atoms with van der Waals surface area (Å²) in [5, 5.41) is 0.771. The molecule has 3 aliphatic rings. The van der Waals surface area contributed by atoms with E-state index >= 15 is 0 Å². The van der Waals surface area contributed by atoms with Crippen LogP contribution in [-0.2, 0) is 16.1 Å². The van der Waals surface area contributed by atoms with E-state index in [1.165, 1.54) is 10.5 Å². The molecule has 0 bridgehead atoms. The lowest BCUT2D eigenvalue weighted by Gasteiger charge is -2.36. The Balaban J connectivity index is 1.30. The second-order valence-electron chi connectivity index (χ2n) is 7.96. The third-order valence-corrected chi connectivity index (χ3v) is 6.39. The van der Waals surface area contributed by atoms with Crippen molar-refractivity contribution in [1.82, 2.24) is 14.7 Å². The van der Waals surface area contributed by atoms with E-state index in [4.69, 9.17) is 11.6 Å². The fourth-order valence-corrected chi connectivity index (χ4v) is 4.84. The molecule has 5 nitrogen and oxygen atoms in total. The van der Waals surface area contributed by atoms with Crippen LogP contribution >= 0.6 is 11.6 Å². The summed E-state index contributed by atoms with van der Waals surface area (Å²) in [4.78, 5) is 31.4. The first-order valence-corrected chi connectivity index (χ1v) is 9.98. The quantitative estimate of drug-likeness (QED) is 0.759. The van der Waals surface area contributed by atoms with Crippen molar-refractivity contribution in [2.45, 2.75) is 38.6 Å². The molecule has 1 aromatic rings. The Labute approximate surface area is 159 Å². The van der Waals surface area contributed by atoms with Crippen LogP contribution in [0.1, 0.15) is 37.7 Å². The van der Waals surface area contributed by atoms with E-state index in [2.05, 4.69) is 15.9 Å². The second kappa shape index (κ2) is 7.29. The zero-order valence-corrected chi connectivity index (χ0v) is 15.9. The van der Waals surface area contributed by atoms with Crippen LogP contribution in [0.5, 0.6) is 0 Å². The molecule has 0 radical (unpaired) electrons. The lowest BCUT2D eigenvalue weighted by molar-refractivity contribution is -0.144. The number of imide groups is 1. The number of carbonyl (C=O) groups is 2. The number of halogens is 1. The monoisotopic (exact) mass is 375 g/mol. The van der Waals surface area contributed by atoms with Crippen LogP contribution in [0.3, 0.4) is 0 Å². The van der Waals surface area contributed by atoms with Crippen LogP contribution in [0.15, 0.2) is 24.3 Å². The zero-order valence-electron chi connectivity index (χ0n) is 15.1. The number of amides is 2. The molecule has 1 aromatic carbocycles. The van der Waals surface area contributed by atoms with Crippen LogP contribution in [0.2, 0.25) is 5.02 Å². The molecule has 0 atom stereocenters. The first-order valence-electron chi connectivity index (χ1n) is 9.60. The van der Waals surface area contributed by atoms with E-state index in [1.54, 1.807) is 0 Å². The molecule has 2 saturated heterocycles. The number of likely N-dealkylation sites (tertiary alicyclic amines) is 1. The van der Waals surface area contributed by atoms with E-state index in [-0.39, 0.29) is 17.2 Å². The van der Waals surface area contributed by atoms with Crippen molar-refractivity contribution in [3.63, 3.8) is 0 Å². The smallest absolute Gasteiger partial charge is 0.237 e. The van der Waals surface area contributed by atoms with Gasteiger partial charge in [0.2, 0.25) is 11.8 Å². The average molecular weight is 376 g/mol. The summed E-state index contributed by atoms with van der Waals surface area (Å²) in [5.74, 6) is 0.111. The van der Waals surface area contributed by atoms with Gasteiger partial charge in [-0.1, -0.05) is 36.6 Å². The van der Waals surface area contributed by atoms with Crippen molar-refractivity contribution < 1.29 is 9.59 Å². The molecule has 0 N–H and O–H groups in total. The lowest BCUT2D eigenvalue weighted by Crippen LogP contribution is -2.51. The molecule has 4 rings (SSSR count). The number of hydrogen-bond acceptors (Lipinski definition) is 4. The highest BCUT2D eigenvalue weighted by Gasteiger charge is 2.52. The predicted octanol–water partition coefficient (Wildman–Crippen LogP) is 2.73. The van der Waals surface area contributed by atoms with E-state index in [0.717, 1.165) is 63.4 Å². The summed E-state index contributed by atoms with van der Waals surface area (Å²) in [6, 6.07) is 7.99. The Morgan fingerprint density at radius 2 is 1.69 bits per heavy atom. The molecule has 1 saturated carbocycles. The lowest BCUT2D eigenvalue weighted by atomic mass is 9.85. The van der Waals surface area contributed by atoms with Gasteiger partial charge in [-0.25, -0.2) is 0 Å². The minimum absolute atomic E-state index is 0.0262. The summed E-state index contributed by atoms with van der Waals surface area (Å²) in [6.45, 7) is 4.99. The summed E-state index contributed by atoms with van der Waals surface area (Å²) >= 11 is 6.06. The third-order valence-electron chi connectivity index (χ3n) is 6.15. The molecule has 0 unspecified atom stereocenters. The number of hydrogen-bond donors (Lipinski definition) is 0. The zero-order chi connectivity index (χ0) is 18.1. The number of nitrogens with zero attached hydrogens (tertiary/aromatic N) is 3. The summed E-state index contributed by atoms with van der Waals surface area (Å²) in [5.41, 5.74) is 0.866. The second-order valence-corrected chi connectivity index (χ2v) is 8.39. The van der Waals surface area contributed by atoms with Gasteiger partial charge in [0, 0.05) is 44.2 Å². The topological polar surface area (TPSA) is 43.9 Å². The van der Waals surface area contributed by atoms with E-state index in [9.17, 15) is 9.59 Å². The molecule has 1 aliphatic carbocycles. The number of carbonyl (C=O) groups excluding carboxylic acids is 2. The first kappa shape index (κ1) is 18.0. The molecule has 1 spiro atoms. The van der Waals surface area contributed by atoms with Gasteiger partial charge in [-0.2, -0.15) is 0 Å². The number of benzene rings is 1. The molecule has 2 amide bonds. The van der Waals surface area contributed by atoms with E-state index < -0.39 is 0 Å². The van der Waals surface area contributed by atoms with Gasteiger partial charge in [0.1, 0.15) is 0 Å². The average Bonchev–Trinajstić information content (AvgIpc) is 3.18. The molecule has 140 valence electrons. The normalized spacial score (nSPS) is 24.1. The molecule has 26 heavy (non-hydrogen) atoms. The van der Waals surface area contributed by atoms with Crippen LogP contribution in [0.25, 0.3) is 0 Å². The molecule has 0 aromatic heterocycles. The van der Waals surface area contributed by atoms with Crippen molar-refractivity contribution in [2.75, 3.05) is 32.8 Å². The third kappa shape index (κ3) is 3.53.